The molecular weight excluding hydrogens is 434 g/mol. The molecule has 0 aromatic heterocycles. The molecule has 6 heteroatoms. The third-order valence-corrected chi connectivity index (χ3v) is 9.62. The predicted molar refractivity (Wildman–Crippen MR) is 113 cm³/mol. The quantitative estimate of drug-likeness (QED) is 0.381. The van der Waals surface area contributed by atoms with Crippen molar-refractivity contribution in [3.05, 3.63) is 35.4 Å². The highest BCUT2D eigenvalue weighted by Crippen LogP contribution is 2.68. The number of halogens is 1. The highest BCUT2D eigenvalue weighted by atomic mass is 79.9. The lowest BCUT2D eigenvalue weighted by Crippen LogP contribution is -2.75. The van der Waals surface area contributed by atoms with E-state index in [1.54, 1.807) is 21.3 Å². The van der Waals surface area contributed by atoms with Crippen LogP contribution < -0.4 is 9.47 Å². The normalized spacial score (nSPS) is 38.5. The van der Waals surface area contributed by atoms with E-state index in [0.717, 1.165) is 36.8 Å². The molecule has 5 aliphatic rings. The number of likely N-dealkylation sites (tertiary alicyclic amines) is 1. The zero-order chi connectivity index (χ0) is 20.0. The van der Waals surface area contributed by atoms with E-state index in [2.05, 4.69) is 45.1 Å². The number of rotatable bonds is 5. The fourth-order valence-corrected chi connectivity index (χ4v) is 7.74. The van der Waals surface area contributed by atoms with Crippen molar-refractivity contribution in [2.75, 3.05) is 34.4 Å². The van der Waals surface area contributed by atoms with Crippen molar-refractivity contribution >= 4 is 15.9 Å². The number of nitrogens with zero attached hydrogens (tertiary/aromatic N) is 1. The Balaban J connectivity index is 1.60. The van der Waals surface area contributed by atoms with Crippen molar-refractivity contribution in [2.45, 2.75) is 53.4 Å². The van der Waals surface area contributed by atoms with Crippen LogP contribution in [0.2, 0.25) is 0 Å². The van der Waals surface area contributed by atoms with Gasteiger partial charge in [0.1, 0.15) is 0 Å². The highest BCUT2D eigenvalue weighted by molar-refractivity contribution is 9.10. The predicted octanol–water partition coefficient (Wildman–Crippen LogP) is 3.43. The van der Waals surface area contributed by atoms with Gasteiger partial charge in [0.05, 0.1) is 16.8 Å². The van der Waals surface area contributed by atoms with Gasteiger partial charge in [0.2, 0.25) is 5.79 Å². The van der Waals surface area contributed by atoms with Gasteiger partial charge in [0.25, 0.3) is 0 Å². The number of benzene rings is 1. The van der Waals surface area contributed by atoms with Crippen molar-refractivity contribution in [1.29, 1.82) is 0 Å². The van der Waals surface area contributed by atoms with Crippen molar-refractivity contribution in [3.63, 3.8) is 0 Å². The van der Waals surface area contributed by atoms with Crippen molar-refractivity contribution < 1.29 is 18.9 Å². The number of hydrogen-bond donors (Lipinski definition) is 0. The maximum atomic E-state index is 6.72. The second-order valence-corrected chi connectivity index (χ2v) is 10.6. The van der Waals surface area contributed by atoms with Crippen LogP contribution in [0.4, 0.5) is 0 Å². The minimum atomic E-state index is -0.918. The molecule has 0 amide bonds. The van der Waals surface area contributed by atoms with Gasteiger partial charge < -0.3 is 18.9 Å². The standard InChI is InChI=1S/C23H28BrNO4/c1-26-16-7-6-15-12-17-22(24)8-9-23(27-2,28-3)20-21(22,18(15)19(16)29-20)10-11-25(17)13-14-4-5-14/h6-9,14,17,20H,4-5,10-13H2,1-3H3/t17-,20?,21+,22-/m1/s1. The lowest BCUT2D eigenvalue weighted by molar-refractivity contribution is -0.241. The summed E-state index contributed by atoms with van der Waals surface area (Å²) in [4.78, 5) is 2.72. The first kappa shape index (κ1) is 18.7. The molecule has 2 bridgehead atoms. The Morgan fingerprint density at radius 3 is 2.66 bits per heavy atom. The Labute approximate surface area is 180 Å². The largest absolute Gasteiger partial charge is 0.493 e. The summed E-state index contributed by atoms with van der Waals surface area (Å²) in [7, 11) is 5.13. The summed E-state index contributed by atoms with van der Waals surface area (Å²) in [5.74, 6) is 1.62. The monoisotopic (exact) mass is 461 g/mol. The molecule has 2 fully saturated rings. The third kappa shape index (κ3) is 2.11. The molecule has 1 aromatic rings. The van der Waals surface area contributed by atoms with Crippen molar-refractivity contribution in [2.24, 2.45) is 5.92 Å². The van der Waals surface area contributed by atoms with Gasteiger partial charge in [0, 0.05) is 32.4 Å². The summed E-state index contributed by atoms with van der Waals surface area (Å²) in [6.07, 6.45) is 8.87. The lowest BCUT2D eigenvalue weighted by atomic mass is 9.52. The zero-order valence-electron chi connectivity index (χ0n) is 17.2. The summed E-state index contributed by atoms with van der Waals surface area (Å²) in [5, 5.41) is 0. The fraction of sp³-hybridized carbons (Fsp3) is 0.652. The van der Waals surface area contributed by atoms with Crippen molar-refractivity contribution in [3.8, 4) is 11.5 Å². The van der Waals surface area contributed by atoms with E-state index < -0.39 is 5.79 Å². The van der Waals surface area contributed by atoms with Crippen LogP contribution in [-0.4, -0.2) is 61.6 Å². The fourth-order valence-electron chi connectivity index (χ4n) is 6.55. The minimum absolute atomic E-state index is 0.219. The van der Waals surface area contributed by atoms with E-state index in [1.807, 2.05) is 0 Å². The number of piperidine rings is 1. The zero-order valence-corrected chi connectivity index (χ0v) is 18.8. The summed E-state index contributed by atoms with van der Waals surface area (Å²) in [6, 6.07) is 4.68. The molecule has 1 aromatic carbocycles. The molecule has 4 atom stereocenters. The topological polar surface area (TPSA) is 40.2 Å². The first-order valence-electron chi connectivity index (χ1n) is 10.6. The van der Waals surface area contributed by atoms with Crippen LogP contribution >= 0.6 is 15.9 Å². The maximum absolute atomic E-state index is 6.72. The van der Waals surface area contributed by atoms with E-state index in [0.29, 0.717) is 6.04 Å². The van der Waals surface area contributed by atoms with Gasteiger partial charge in [0.15, 0.2) is 17.6 Å². The van der Waals surface area contributed by atoms with Crippen LogP contribution in [0.25, 0.3) is 0 Å². The van der Waals surface area contributed by atoms with Crippen LogP contribution in [0.5, 0.6) is 11.5 Å². The molecular formula is C23H28BrNO4. The molecule has 2 heterocycles. The van der Waals surface area contributed by atoms with Crippen LogP contribution in [0.3, 0.4) is 0 Å². The second kappa shape index (κ2) is 6.00. The lowest BCUT2D eigenvalue weighted by Gasteiger charge is -2.63. The Morgan fingerprint density at radius 1 is 1.17 bits per heavy atom. The molecule has 3 aliphatic carbocycles. The molecule has 2 aliphatic heterocycles. The van der Waals surface area contributed by atoms with Crippen LogP contribution in [0.15, 0.2) is 24.3 Å². The number of ether oxygens (including phenoxy) is 4. The van der Waals surface area contributed by atoms with Gasteiger partial charge in [-0.3, -0.25) is 4.90 Å². The summed E-state index contributed by atoms with van der Waals surface area (Å²) in [6.45, 7) is 2.27. The molecule has 1 spiro atoms. The first-order chi connectivity index (χ1) is 14.0. The molecule has 1 saturated heterocycles. The smallest absolute Gasteiger partial charge is 0.226 e. The molecule has 6 rings (SSSR count). The third-order valence-electron chi connectivity index (χ3n) is 8.12. The average molecular weight is 462 g/mol. The van der Waals surface area contributed by atoms with Gasteiger partial charge >= 0.3 is 0 Å². The molecule has 0 radical (unpaired) electrons. The average Bonchev–Trinajstić information content (AvgIpc) is 3.48. The van der Waals surface area contributed by atoms with Gasteiger partial charge in [-0.05, 0) is 55.9 Å². The van der Waals surface area contributed by atoms with Crippen LogP contribution in [-0.2, 0) is 21.3 Å². The summed E-state index contributed by atoms with van der Waals surface area (Å²) < 4.78 is 24.2. The maximum Gasteiger partial charge on any atom is 0.226 e. The van der Waals surface area contributed by atoms with E-state index in [9.17, 15) is 0 Å². The summed E-state index contributed by atoms with van der Waals surface area (Å²) in [5.41, 5.74) is 2.42. The molecule has 1 unspecified atom stereocenters. The second-order valence-electron chi connectivity index (χ2n) is 9.24. The van der Waals surface area contributed by atoms with Gasteiger partial charge in [-0.1, -0.05) is 28.1 Å². The Hall–Kier alpha value is -1.08. The SMILES string of the molecule is COc1ccc2c3c1OC1C(OC)(OC)C=C[C@@]4(Br)[C@@H](C2)N(CC2CC2)CC[C@]314. The van der Waals surface area contributed by atoms with E-state index in [1.165, 1.54) is 30.5 Å². The molecule has 29 heavy (non-hydrogen) atoms. The highest BCUT2D eigenvalue weighted by Gasteiger charge is 2.74. The Bertz CT molecular complexity index is 895. The number of hydrogen-bond acceptors (Lipinski definition) is 5. The Morgan fingerprint density at radius 2 is 1.97 bits per heavy atom. The number of alkyl halides is 1. The van der Waals surface area contributed by atoms with E-state index in [-0.39, 0.29) is 15.8 Å². The van der Waals surface area contributed by atoms with Gasteiger partial charge in [-0.25, -0.2) is 0 Å². The molecule has 5 nitrogen and oxygen atoms in total. The summed E-state index contributed by atoms with van der Waals surface area (Å²) >= 11 is 4.30. The molecule has 0 N–H and O–H groups in total. The van der Waals surface area contributed by atoms with Crippen molar-refractivity contribution in [1.82, 2.24) is 4.90 Å². The van der Waals surface area contributed by atoms with Gasteiger partial charge in [-0.2, -0.15) is 0 Å². The van der Waals surface area contributed by atoms with E-state index >= 15 is 0 Å². The minimum Gasteiger partial charge on any atom is -0.493 e. The molecule has 1 saturated carbocycles. The Kier molecular flexibility index (Phi) is 3.86. The molecule has 156 valence electrons. The first-order valence-corrected chi connectivity index (χ1v) is 11.4. The van der Waals surface area contributed by atoms with Crippen LogP contribution in [0.1, 0.15) is 30.4 Å². The van der Waals surface area contributed by atoms with Gasteiger partial charge in [-0.15, -0.1) is 0 Å². The number of methoxy groups -OCH3 is 3. The van der Waals surface area contributed by atoms with Crippen LogP contribution in [0, 0.1) is 5.92 Å². The van der Waals surface area contributed by atoms with E-state index in [4.69, 9.17) is 18.9 Å².